The molecule has 100 valence electrons. The molecule has 0 spiro atoms. The minimum absolute atomic E-state index is 0.153. The molecule has 0 unspecified atom stereocenters. The highest BCUT2D eigenvalue weighted by Crippen LogP contribution is 2.46. The standard InChI is InChI=1S/C12H14Cl2O4/c1-2-3-4-5-6(15)7-10(16)8(13)12(18)9(14)11(7)17/h16-18H,2-5H2,1H3/p-1. The lowest BCUT2D eigenvalue weighted by Gasteiger charge is -2.17. The summed E-state index contributed by atoms with van der Waals surface area (Å²) in [5.41, 5.74) is -0.374. The molecule has 1 rings (SSSR count). The molecule has 0 fully saturated rings. The van der Waals surface area contributed by atoms with Crippen molar-refractivity contribution in [1.29, 1.82) is 0 Å². The number of phenolic OH excluding ortho intramolecular Hbond substituents is 2. The van der Waals surface area contributed by atoms with Crippen LogP contribution < -0.4 is 5.11 Å². The Labute approximate surface area is 115 Å². The van der Waals surface area contributed by atoms with Crippen molar-refractivity contribution >= 4 is 29.0 Å². The largest absolute Gasteiger partial charge is 0.870 e. The molecule has 1 aromatic carbocycles. The zero-order valence-corrected chi connectivity index (χ0v) is 11.3. The van der Waals surface area contributed by atoms with Gasteiger partial charge in [-0.3, -0.25) is 4.79 Å². The maximum atomic E-state index is 11.8. The second kappa shape index (κ2) is 6.16. The maximum Gasteiger partial charge on any atom is 0.170 e. The predicted molar refractivity (Wildman–Crippen MR) is 67.7 cm³/mol. The highest BCUT2D eigenvalue weighted by Gasteiger charge is 2.22. The van der Waals surface area contributed by atoms with E-state index in [1.54, 1.807) is 0 Å². The molecule has 0 atom stereocenters. The zero-order valence-electron chi connectivity index (χ0n) is 9.80. The molecule has 4 nitrogen and oxygen atoms in total. The summed E-state index contributed by atoms with van der Waals surface area (Å²) < 4.78 is 0. The van der Waals surface area contributed by atoms with Crippen molar-refractivity contribution < 1.29 is 20.1 Å². The van der Waals surface area contributed by atoms with Crippen molar-refractivity contribution in [1.82, 2.24) is 0 Å². The van der Waals surface area contributed by atoms with Gasteiger partial charge in [-0.1, -0.05) is 48.7 Å². The minimum Gasteiger partial charge on any atom is -0.870 e. The third-order valence-electron chi connectivity index (χ3n) is 2.57. The van der Waals surface area contributed by atoms with Crippen molar-refractivity contribution in [3.8, 4) is 17.2 Å². The van der Waals surface area contributed by atoms with Gasteiger partial charge in [0.2, 0.25) is 0 Å². The molecule has 0 saturated heterocycles. The molecule has 0 aliphatic rings. The summed E-state index contributed by atoms with van der Waals surface area (Å²) in [7, 11) is 0. The lowest BCUT2D eigenvalue weighted by atomic mass is 10.0. The van der Waals surface area contributed by atoms with Crippen LogP contribution in [0.2, 0.25) is 10.0 Å². The molecule has 0 saturated carbocycles. The summed E-state index contributed by atoms with van der Waals surface area (Å²) in [6, 6.07) is 0. The van der Waals surface area contributed by atoms with E-state index in [0.29, 0.717) is 6.42 Å². The highest BCUT2D eigenvalue weighted by molar-refractivity contribution is 6.39. The van der Waals surface area contributed by atoms with Gasteiger partial charge in [-0.25, -0.2) is 0 Å². The minimum atomic E-state index is -0.890. The van der Waals surface area contributed by atoms with Gasteiger partial charge in [0.05, 0.1) is 10.0 Å². The van der Waals surface area contributed by atoms with Crippen LogP contribution >= 0.6 is 23.2 Å². The molecular weight excluding hydrogens is 279 g/mol. The maximum absolute atomic E-state index is 11.8. The van der Waals surface area contributed by atoms with Gasteiger partial charge < -0.3 is 15.3 Å². The summed E-state index contributed by atoms with van der Waals surface area (Å²) in [5.74, 6) is -2.78. The Morgan fingerprint density at radius 1 is 1.17 bits per heavy atom. The van der Waals surface area contributed by atoms with Crippen molar-refractivity contribution in [2.45, 2.75) is 32.6 Å². The monoisotopic (exact) mass is 291 g/mol. The van der Waals surface area contributed by atoms with Gasteiger partial charge in [-0.05, 0) is 6.42 Å². The van der Waals surface area contributed by atoms with Crippen LogP contribution in [-0.4, -0.2) is 16.0 Å². The first-order valence-electron chi connectivity index (χ1n) is 5.54. The number of phenols is 2. The Kier molecular flexibility index (Phi) is 5.11. The van der Waals surface area contributed by atoms with Gasteiger partial charge in [0, 0.05) is 6.42 Å². The van der Waals surface area contributed by atoms with Crippen LogP contribution in [0.15, 0.2) is 0 Å². The van der Waals surface area contributed by atoms with Gasteiger partial charge in [0.1, 0.15) is 17.1 Å². The first-order chi connectivity index (χ1) is 8.41. The summed E-state index contributed by atoms with van der Waals surface area (Å²) in [5, 5.41) is 29.5. The van der Waals surface area contributed by atoms with Crippen LogP contribution in [0.1, 0.15) is 43.0 Å². The molecule has 6 heteroatoms. The lowest BCUT2D eigenvalue weighted by Crippen LogP contribution is -2.03. The summed E-state index contributed by atoms with van der Waals surface area (Å²) in [6.45, 7) is 1.99. The number of aromatic hydroxyl groups is 2. The Balaban J connectivity index is 3.13. The van der Waals surface area contributed by atoms with Gasteiger partial charge in [-0.2, -0.15) is 0 Å². The van der Waals surface area contributed by atoms with E-state index in [1.165, 1.54) is 0 Å². The SMILES string of the molecule is CCCCCC(=O)c1c(O)c(Cl)c([O-])c(Cl)c1O. The second-order valence-corrected chi connectivity index (χ2v) is 4.67. The first-order valence-corrected chi connectivity index (χ1v) is 6.30. The van der Waals surface area contributed by atoms with Crippen LogP contribution in [-0.2, 0) is 0 Å². The highest BCUT2D eigenvalue weighted by atomic mass is 35.5. The number of hydrogen-bond acceptors (Lipinski definition) is 4. The molecule has 0 radical (unpaired) electrons. The van der Waals surface area contributed by atoms with E-state index in [9.17, 15) is 20.1 Å². The van der Waals surface area contributed by atoms with Crippen LogP contribution in [0, 0.1) is 0 Å². The molecule has 0 aliphatic heterocycles. The van der Waals surface area contributed by atoms with Gasteiger partial charge in [-0.15, -0.1) is 0 Å². The first kappa shape index (κ1) is 14.9. The van der Waals surface area contributed by atoms with Crippen LogP contribution in [0.4, 0.5) is 0 Å². The Morgan fingerprint density at radius 2 is 1.67 bits per heavy atom. The van der Waals surface area contributed by atoms with E-state index in [-0.39, 0.29) is 12.0 Å². The normalized spacial score (nSPS) is 10.6. The molecule has 1 aromatic rings. The number of rotatable bonds is 5. The summed E-state index contributed by atoms with van der Waals surface area (Å²) >= 11 is 11.1. The quantitative estimate of drug-likeness (QED) is 0.645. The fourth-order valence-corrected chi connectivity index (χ4v) is 1.99. The fraction of sp³-hybridized carbons (Fsp3) is 0.417. The number of hydrogen-bond donors (Lipinski definition) is 2. The predicted octanol–water partition coefficient (Wildman–Crippen LogP) is 3.24. The lowest BCUT2D eigenvalue weighted by molar-refractivity contribution is -0.268. The average Bonchev–Trinajstić information content (AvgIpc) is 2.34. The number of unbranched alkanes of at least 4 members (excludes halogenated alkanes) is 2. The van der Waals surface area contributed by atoms with Crippen molar-refractivity contribution in [2.75, 3.05) is 0 Å². The molecule has 0 bridgehead atoms. The van der Waals surface area contributed by atoms with E-state index in [2.05, 4.69) is 0 Å². The molecular formula is C12H13Cl2O4-. The molecule has 0 heterocycles. The van der Waals surface area contributed by atoms with Crippen LogP contribution in [0.5, 0.6) is 17.2 Å². The molecule has 18 heavy (non-hydrogen) atoms. The van der Waals surface area contributed by atoms with E-state index in [0.717, 1.165) is 12.8 Å². The molecule has 2 N–H and O–H groups in total. The number of carbonyl (C=O) groups is 1. The van der Waals surface area contributed by atoms with Gasteiger partial charge in [0.25, 0.3) is 0 Å². The number of halogens is 2. The summed E-state index contributed by atoms with van der Waals surface area (Å²) in [6.07, 6.45) is 2.57. The Hall–Kier alpha value is -1.13. The molecule has 0 amide bonds. The van der Waals surface area contributed by atoms with E-state index in [1.807, 2.05) is 6.92 Å². The smallest absolute Gasteiger partial charge is 0.170 e. The van der Waals surface area contributed by atoms with Crippen molar-refractivity contribution in [2.24, 2.45) is 0 Å². The van der Waals surface area contributed by atoms with E-state index < -0.39 is 33.1 Å². The summed E-state index contributed by atoms with van der Waals surface area (Å²) in [4.78, 5) is 11.8. The van der Waals surface area contributed by atoms with Crippen molar-refractivity contribution in [3.63, 3.8) is 0 Å². The van der Waals surface area contributed by atoms with E-state index in [4.69, 9.17) is 23.2 Å². The number of carbonyl (C=O) groups excluding carboxylic acids is 1. The van der Waals surface area contributed by atoms with Crippen LogP contribution in [0.25, 0.3) is 0 Å². The topological polar surface area (TPSA) is 80.6 Å². The number of ketones is 1. The molecule has 0 aliphatic carbocycles. The van der Waals surface area contributed by atoms with Crippen LogP contribution in [0.3, 0.4) is 0 Å². The Morgan fingerprint density at radius 3 is 2.11 bits per heavy atom. The Bertz CT molecular complexity index is 443. The van der Waals surface area contributed by atoms with E-state index >= 15 is 0 Å². The zero-order chi connectivity index (χ0) is 13.9. The van der Waals surface area contributed by atoms with Crippen molar-refractivity contribution in [3.05, 3.63) is 15.6 Å². The third kappa shape index (κ3) is 2.82. The fourth-order valence-electron chi connectivity index (χ4n) is 1.57. The molecule has 0 aromatic heterocycles. The number of Topliss-reactive ketones (excluding diaryl/α,β-unsaturated/α-hetero) is 1. The second-order valence-electron chi connectivity index (χ2n) is 3.91. The van der Waals surface area contributed by atoms with Gasteiger partial charge in [0.15, 0.2) is 5.78 Å². The third-order valence-corrected chi connectivity index (χ3v) is 3.28. The number of benzene rings is 1. The average molecular weight is 292 g/mol. The van der Waals surface area contributed by atoms with Gasteiger partial charge >= 0.3 is 0 Å².